The Morgan fingerprint density at radius 2 is 1.95 bits per heavy atom. The maximum absolute atomic E-state index is 12.4. The van der Waals surface area contributed by atoms with Crippen molar-refractivity contribution in [3.8, 4) is 0 Å². The van der Waals surface area contributed by atoms with E-state index in [2.05, 4.69) is 36.0 Å². The van der Waals surface area contributed by atoms with Crippen molar-refractivity contribution in [3.63, 3.8) is 0 Å². The Kier molecular flexibility index (Phi) is 4.52. The minimum Gasteiger partial charge on any atom is -0.346 e. The van der Waals surface area contributed by atoms with E-state index in [0.717, 1.165) is 31.5 Å². The van der Waals surface area contributed by atoms with Gasteiger partial charge in [0.25, 0.3) is 5.91 Å². The maximum Gasteiger partial charge on any atom is 0.268 e. The van der Waals surface area contributed by atoms with Gasteiger partial charge in [0.1, 0.15) is 5.69 Å². The third-order valence-electron chi connectivity index (χ3n) is 4.40. The van der Waals surface area contributed by atoms with Crippen LogP contribution in [0.15, 0.2) is 16.9 Å². The van der Waals surface area contributed by atoms with Crippen LogP contribution in [0.5, 0.6) is 0 Å². The molecule has 5 heteroatoms. The first-order chi connectivity index (χ1) is 9.81. The lowest BCUT2D eigenvalue weighted by atomic mass is 9.88. The van der Waals surface area contributed by atoms with E-state index in [4.69, 9.17) is 0 Å². The summed E-state index contributed by atoms with van der Waals surface area (Å²) in [5.74, 6) is -0.189. The number of likely N-dealkylation sites (tertiary alicyclic amines) is 1. The lowest BCUT2D eigenvalue weighted by Gasteiger charge is -2.41. The predicted molar refractivity (Wildman–Crippen MR) is 83.6 cm³/mol. The van der Waals surface area contributed by atoms with Crippen molar-refractivity contribution in [2.24, 2.45) is 0 Å². The number of carbonyl (C=O) groups excluding carboxylic acids is 1. The zero-order valence-electron chi connectivity index (χ0n) is 13.3. The number of hydrogen-bond acceptors (Lipinski definition) is 3. The van der Waals surface area contributed by atoms with Crippen molar-refractivity contribution in [2.45, 2.75) is 52.1 Å². The van der Waals surface area contributed by atoms with Crippen LogP contribution in [0.1, 0.15) is 49.7 Å². The second-order valence-corrected chi connectivity index (χ2v) is 6.53. The molecule has 21 heavy (non-hydrogen) atoms. The minimum absolute atomic E-state index is 0.189. The lowest BCUT2D eigenvalue weighted by molar-refractivity contribution is 0.0796. The molecule has 1 aliphatic rings. The summed E-state index contributed by atoms with van der Waals surface area (Å²) in [6.07, 6.45) is 1.85. The van der Waals surface area contributed by atoms with Crippen LogP contribution in [-0.4, -0.2) is 40.5 Å². The Balaban J connectivity index is 2.06. The molecule has 2 heterocycles. The summed E-state index contributed by atoms with van der Waals surface area (Å²) < 4.78 is 0. The fourth-order valence-electron chi connectivity index (χ4n) is 2.78. The largest absolute Gasteiger partial charge is 0.346 e. The molecule has 1 saturated heterocycles. The summed E-state index contributed by atoms with van der Waals surface area (Å²) in [6, 6.07) is 3.66. The van der Waals surface area contributed by atoms with Crippen LogP contribution in [-0.2, 0) is 0 Å². The summed E-state index contributed by atoms with van der Waals surface area (Å²) in [7, 11) is 0. The van der Waals surface area contributed by atoms with E-state index in [0.29, 0.717) is 11.7 Å². The zero-order chi connectivity index (χ0) is 15.6. The molecule has 0 unspecified atom stereocenters. The number of nitrogens with zero attached hydrogens (tertiary/aromatic N) is 1. The van der Waals surface area contributed by atoms with Crippen LogP contribution in [0, 0.1) is 6.92 Å². The Morgan fingerprint density at radius 1 is 1.33 bits per heavy atom. The number of rotatable bonds is 3. The van der Waals surface area contributed by atoms with Crippen LogP contribution < -0.4 is 10.9 Å². The van der Waals surface area contributed by atoms with E-state index < -0.39 is 0 Å². The van der Waals surface area contributed by atoms with Gasteiger partial charge in [0.15, 0.2) is 0 Å². The van der Waals surface area contributed by atoms with Crippen molar-refractivity contribution in [1.82, 2.24) is 15.2 Å². The molecule has 2 N–H and O–H groups in total. The number of carbonyl (C=O) groups is 1. The molecule has 0 radical (unpaired) electrons. The first-order valence-corrected chi connectivity index (χ1v) is 7.57. The number of H-pyrrole nitrogens is 1. The molecule has 0 atom stereocenters. The Morgan fingerprint density at radius 3 is 2.52 bits per heavy atom. The van der Waals surface area contributed by atoms with E-state index in [-0.39, 0.29) is 17.0 Å². The zero-order valence-corrected chi connectivity index (χ0v) is 13.3. The Labute approximate surface area is 125 Å². The quantitative estimate of drug-likeness (QED) is 0.890. The second kappa shape index (κ2) is 6.02. The fourth-order valence-corrected chi connectivity index (χ4v) is 2.78. The second-order valence-electron chi connectivity index (χ2n) is 6.53. The molecule has 0 spiro atoms. The highest BCUT2D eigenvalue weighted by atomic mass is 16.2. The molecule has 0 aromatic carbocycles. The van der Waals surface area contributed by atoms with Crippen molar-refractivity contribution < 1.29 is 4.79 Å². The fraction of sp³-hybridized carbons (Fsp3) is 0.625. The van der Waals surface area contributed by atoms with Crippen molar-refractivity contribution in [1.29, 1.82) is 0 Å². The molecule has 1 aliphatic heterocycles. The maximum atomic E-state index is 12.4. The topological polar surface area (TPSA) is 65.2 Å². The van der Waals surface area contributed by atoms with Gasteiger partial charge in [0.05, 0.1) is 0 Å². The van der Waals surface area contributed by atoms with E-state index in [9.17, 15) is 9.59 Å². The van der Waals surface area contributed by atoms with Crippen LogP contribution in [0.25, 0.3) is 0 Å². The first kappa shape index (κ1) is 15.8. The molecule has 0 aliphatic carbocycles. The Hall–Kier alpha value is -1.62. The summed E-state index contributed by atoms with van der Waals surface area (Å²) in [5, 5.41) is 3.10. The number of nitrogens with one attached hydrogen (secondary N) is 2. The van der Waals surface area contributed by atoms with Gasteiger partial charge < -0.3 is 15.2 Å². The number of pyridine rings is 1. The first-order valence-electron chi connectivity index (χ1n) is 7.57. The van der Waals surface area contributed by atoms with Crippen molar-refractivity contribution >= 4 is 5.91 Å². The summed E-state index contributed by atoms with van der Waals surface area (Å²) in [4.78, 5) is 28.9. The van der Waals surface area contributed by atoms with Crippen molar-refractivity contribution in [2.75, 3.05) is 13.1 Å². The van der Waals surface area contributed by atoms with Gasteiger partial charge in [0.2, 0.25) is 5.56 Å². The number of aromatic amines is 1. The van der Waals surface area contributed by atoms with E-state index in [1.807, 2.05) is 6.92 Å². The number of aryl methyl sites for hydroxylation is 1. The molecule has 1 aromatic rings. The molecule has 2 rings (SSSR count). The highest BCUT2D eigenvalue weighted by Gasteiger charge is 2.32. The van der Waals surface area contributed by atoms with Crippen LogP contribution in [0.3, 0.4) is 0 Å². The molecule has 0 bridgehead atoms. The number of hydrogen-bond donors (Lipinski definition) is 2. The van der Waals surface area contributed by atoms with Gasteiger partial charge in [-0.05, 0) is 46.1 Å². The van der Waals surface area contributed by atoms with Gasteiger partial charge >= 0.3 is 0 Å². The SMILES string of the molecule is Cc1ccc(=O)[nH]c1C(=O)NC1(C)CCN(C(C)C)CC1. The highest BCUT2D eigenvalue weighted by molar-refractivity contribution is 5.94. The number of piperidine rings is 1. The molecule has 1 amide bonds. The molecular weight excluding hydrogens is 266 g/mol. The summed E-state index contributed by atoms with van der Waals surface area (Å²) in [5.41, 5.74) is 0.706. The normalized spacial score (nSPS) is 18.7. The van der Waals surface area contributed by atoms with Crippen LogP contribution in [0.4, 0.5) is 0 Å². The Bertz CT molecular complexity index is 569. The lowest BCUT2D eigenvalue weighted by Crippen LogP contribution is -2.54. The molecule has 0 saturated carbocycles. The highest BCUT2D eigenvalue weighted by Crippen LogP contribution is 2.23. The third kappa shape index (κ3) is 3.73. The van der Waals surface area contributed by atoms with Gasteiger partial charge in [-0.15, -0.1) is 0 Å². The molecule has 1 fully saturated rings. The van der Waals surface area contributed by atoms with Crippen LogP contribution in [0.2, 0.25) is 0 Å². The number of aromatic nitrogens is 1. The van der Waals surface area contributed by atoms with Gasteiger partial charge in [0, 0.05) is 30.7 Å². The summed E-state index contributed by atoms with van der Waals surface area (Å²) in [6.45, 7) is 10.3. The van der Waals surface area contributed by atoms with Gasteiger partial charge in [-0.25, -0.2) is 0 Å². The number of amides is 1. The molecular formula is C16H25N3O2. The van der Waals surface area contributed by atoms with E-state index in [1.54, 1.807) is 6.07 Å². The molecule has 116 valence electrons. The smallest absolute Gasteiger partial charge is 0.268 e. The van der Waals surface area contributed by atoms with Gasteiger partial charge in [-0.3, -0.25) is 9.59 Å². The standard InChI is InChI=1S/C16H25N3O2/c1-11(2)19-9-7-16(4,8-10-19)18-15(21)14-12(3)5-6-13(20)17-14/h5-6,11H,7-10H2,1-4H3,(H,17,20)(H,18,21). The van der Waals surface area contributed by atoms with E-state index in [1.165, 1.54) is 6.07 Å². The third-order valence-corrected chi connectivity index (χ3v) is 4.40. The van der Waals surface area contributed by atoms with Gasteiger partial charge in [-0.1, -0.05) is 6.07 Å². The predicted octanol–water partition coefficient (Wildman–Crippen LogP) is 1.68. The average Bonchev–Trinajstić information content (AvgIpc) is 2.41. The minimum atomic E-state index is -0.245. The van der Waals surface area contributed by atoms with Crippen molar-refractivity contribution in [3.05, 3.63) is 33.7 Å². The summed E-state index contributed by atoms with van der Waals surface area (Å²) >= 11 is 0. The van der Waals surface area contributed by atoms with Gasteiger partial charge in [-0.2, -0.15) is 0 Å². The van der Waals surface area contributed by atoms with E-state index >= 15 is 0 Å². The molecule has 5 nitrogen and oxygen atoms in total. The monoisotopic (exact) mass is 291 g/mol. The van der Waals surface area contributed by atoms with Crippen LogP contribution >= 0.6 is 0 Å². The average molecular weight is 291 g/mol. The molecule has 1 aromatic heterocycles.